The van der Waals surface area contributed by atoms with E-state index >= 15 is 0 Å². The molecule has 0 heterocycles. The summed E-state index contributed by atoms with van der Waals surface area (Å²) in [4.78, 5) is 0. The van der Waals surface area contributed by atoms with Crippen LogP contribution in [0.4, 0.5) is 0 Å². The van der Waals surface area contributed by atoms with Crippen LogP contribution in [0.25, 0.3) is 10.8 Å². The molecule has 2 aromatic carbocycles. The van der Waals surface area contributed by atoms with Gasteiger partial charge in [0.1, 0.15) is 11.5 Å². The van der Waals surface area contributed by atoms with Crippen molar-refractivity contribution in [1.29, 1.82) is 0 Å². The van der Waals surface area contributed by atoms with E-state index in [2.05, 4.69) is 12.1 Å². The van der Waals surface area contributed by atoms with Crippen LogP contribution >= 0.6 is 0 Å². The van der Waals surface area contributed by atoms with Crippen molar-refractivity contribution in [3.8, 4) is 11.5 Å². The predicted octanol–water partition coefficient (Wildman–Crippen LogP) is 4.17. The van der Waals surface area contributed by atoms with Crippen LogP contribution in [0.1, 0.15) is 25.7 Å². The predicted molar refractivity (Wildman–Crippen MR) is 73.4 cm³/mol. The Morgan fingerprint density at radius 3 is 2.17 bits per heavy atom. The van der Waals surface area contributed by atoms with Gasteiger partial charge in [0.2, 0.25) is 0 Å². The third-order valence-corrected chi connectivity index (χ3v) is 3.66. The van der Waals surface area contributed by atoms with Crippen LogP contribution in [0.3, 0.4) is 0 Å². The van der Waals surface area contributed by atoms with Crippen LogP contribution < -0.4 is 9.47 Å². The molecule has 1 fully saturated rings. The Morgan fingerprint density at radius 1 is 0.889 bits per heavy atom. The molecule has 18 heavy (non-hydrogen) atoms. The molecule has 2 nitrogen and oxygen atoms in total. The highest BCUT2D eigenvalue weighted by Crippen LogP contribution is 2.35. The lowest BCUT2D eigenvalue weighted by atomic mass is 10.1. The molecule has 0 unspecified atom stereocenters. The largest absolute Gasteiger partial charge is 0.496 e. The highest BCUT2D eigenvalue weighted by atomic mass is 16.5. The number of hydrogen-bond acceptors (Lipinski definition) is 2. The highest BCUT2D eigenvalue weighted by molar-refractivity contribution is 5.93. The van der Waals surface area contributed by atoms with Gasteiger partial charge in [0, 0.05) is 10.8 Å². The standard InChI is InChI=1S/C16H18O2/c1-17-15-10-11-16(18-12-6-2-3-7-12)14-9-5-4-8-13(14)15/h4-5,8-12H,2-3,6-7H2,1H3. The molecule has 1 saturated carbocycles. The number of ether oxygens (including phenoxy) is 2. The van der Waals surface area contributed by atoms with E-state index < -0.39 is 0 Å². The molecular formula is C16H18O2. The molecule has 2 heteroatoms. The fourth-order valence-corrected chi connectivity index (χ4v) is 2.71. The Kier molecular flexibility index (Phi) is 3.09. The van der Waals surface area contributed by atoms with Gasteiger partial charge in [0.25, 0.3) is 0 Å². The zero-order valence-corrected chi connectivity index (χ0v) is 10.7. The number of fused-ring (bicyclic) bond motifs is 1. The summed E-state index contributed by atoms with van der Waals surface area (Å²) in [5, 5.41) is 2.26. The van der Waals surface area contributed by atoms with Crippen molar-refractivity contribution in [2.24, 2.45) is 0 Å². The summed E-state index contributed by atoms with van der Waals surface area (Å²) in [6.07, 6.45) is 5.33. The second-order valence-corrected chi connectivity index (χ2v) is 4.84. The van der Waals surface area contributed by atoms with E-state index in [1.54, 1.807) is 7.11 Å². The van der Waals surface area contributed by atoms with E-state index in [-0.39, 0.29) is 0 Å². The minimum atomic E-state index is 0.391. The maximum absolute atomic E-state index is 6.13. The average Bonchev–Trinajstić information content (AvgIpc) is 2.92. The average molecular weight is 242 g/mol. The highest BCUT2D eigenvalue weighted by Gasteiger charge is 2.18. The van der Waals surface area contributed by atoms with Crippen LogP contribution in [0.2, 0.25) is 0 Å². The van der Waals surface area contributed by atoms with Gasteiger partial charge >= 0.3 is 0 Å². The second-order valence-electron chi connectivity index (χ2n) is 4.84. The molecule has 0 radical (unpaired) electrons. The van der Waals surface area contributed by atoms with Crippen LogP contribution in [0.15, 0.2) is 36.4 Å². The molecule has 2 aromatic rings. The first-order chi connectivity index (χ1) is 8.88. The first-order valence-electron chi connectivity index (χ1n) is 6.61. The van der Waals surface area contributed by atoms with Crippen molar-refractivity contribution >= 4 is 10.8 Å². The fraction of sp³-hybridized carbons (Fsp3) is 0.375. The summed E-state index contributed by atoms with van der Waals surface area (Å²) in [5.41, 5.74) is 0. The normalized spacial score (nSPS) is 16.1. The van der Waals surface area contributed by atoms with Crippen LogP contribution in [-0.2, 0) is 0 Å². The van der Waals surface area contributed by atoms with Crippen molar-refractivity contribution in [3.63, 3.8) is 0 Å². The summed E-state index contributed by atoms with van der Waals surface area (Å²) in [7, 11) is 1.71. The molecule has 1 aliphatic rings. The van der Waals surface area contributed by atoms with E-state index in [1.807, 2.05) is 24.3 Å². The van der Waals surface area contributed by atoms with E-state index in [0.717, 1.165) is 22.3 Å². The summed E-state index contributed by atoms with van der Waals surface area (Å²) in [6, 6.07) is 12.3. The SMILES string of the molecule is COc1ccc(OC2CCCC2)c2ccccc12. The topological polar surface area (TPSA) is 18.5 Å². The van der Waals surface area contributed by atoms with Crippen molar-refractivity contribution in [2.75, 3.05) is 7.11 Å². The van der Waals surface area contributed by atoms with Gasteiger partial charge in [-0.3, -0.25) is 0 Å². The summed E-state index contributed by atoms with van der Waals surface area (Å²) in [6.45, 7) is 0. The minimum Gasteiger partial charge on any atom is -0.496 e. The van der Waals surface area contributed by atoms with Crippen LogP contribution in [0, 0.1) is 0 Å². The summed E-state index contributed by atoms with van der Waals surface area (Å²) < 4.78 is 11.5. The summed E-state index contributed by atoms with van der Waals surface area (Å²) in [5.74, 6) is 1.89. The Bertz CT molecular complexity index is 542. The number of rotatable bonds is 3. The molecule has 0 atom stereocenters. The van der Waals surface area contributed by atoms with E-state index in [1.165, 1.54) is 25.7 Å². The first-order valence-corrected chi connectivity index (χ1v) is 6.61. The molecule has 0 spiro atoms. The second kappa shape index (κ2) is 4.89. The third kappa shape index (κ3) is 2.03. The zero-order valence-electron chi connectivity index (χ0n) is 10.7. The maximum Gasteiger partial charge on any atom is 0.127 e. The molecule has 0 saturated heterocycles. The molecule has 0 amide bonds. The molecule has 0 N–H and O–H groups in total. The van der Waals surface area contributed by atoms with Gasteiger partial charge in [-0.2, -0.15) is 0 Å². The van der Waals surface area contributed by atoms with Crippen molar-refractivity contribution in [3.05, 3.63) is 36.4 Å². The van der Waals surface area contributed by atoms with Crippen molar-refractivity contribution in [2.45, 2.75) is 31.8 Å². The minimum absolute atomic E-state index is 0.391. The van der Waals surface area contributed by atoms with Crippen LogP contribution in [0.5, 0.6) is 11.5 Å². The monoisotopic (exact) mass is 242 g/mol. The Morgan fingerprint density at radius 2 is 1.50 bits per heavy atom. The quantitative estimate of drug-likeness (QED) is 0.804. The molecular weight excluding hydrogens is 224 g/mol. The van der Waals surface area contributed by atoms with Gasteiger partial charge in [0.05, 0.1) is 13.2 Å². The van der Waals surface area contributed by atoms with E-state index in [9.17, 15) is 0 Å². The zero-order chi connectivity index (χ0) is 12.4. The Labute approximate surface area is 108 Å². The van der Waals surface area contributed by atoms with E-state index in [0.29, 0.717) is 6.10 Å². The first kappa shape index (κ1) is 11.4. The van der Waals surface area contributed by atoms with Crippen LogP contribution in [-0.4, -0.2) is 13.2 Å². The van der Waals surface area contributed by atoms with Crippen molar-refractivity contribution < 1.29 is 9.47 Å². The van der Waals surface area contributed by atoms with Crippen molar-refractivity contribution in [1.82, 2.24) is 0 Å². The third-order valence-electron chi connectivity index (χ3n) is 3.66. The van der Waals surface area contributed by atoms with Gasteiger partial charge in [-0.1, -0.05) is 24.3 Å². The Hall–Kier alpha value is -1.70. The van der Waals surface area contributed by atoms with E-state index in [4.69, 9.17) is 9.47 Å². The van der Waals surface area contributed by atoms with Gasteiger partial charge in [-0.15, -0.1) is 0 Å². The number of hydrogen-bond donors (Lipinski definition) is 0. The lowest BCUT2D eigenvalue weighted by molar-refractivity contribution is 0.212. The lowest BCUT2D eigenvalue weighted by Crippen LogP contribution is -2.11. The van der Waals surface area contributed by atoms with Gasteiger partial charge in [-0.05, 0) is 37.8 Å². The molecule has 0 aliphatic heterocycles. The molecule has 3 rings (SSSR count). The molecule has 94 valence electrons. The smallest absolute Gasteiger partial charge is 0.127 e. The van der Waals surface area contributed by atoms with Gasteiger partial charge in [0.15, 0.2) is 0 Å². The molecule has 0 aromatic heterocycles. The maximum atomic E-state index is 6.13. The van der Waals surface area contributed by atoms with Gasteiger partial charge in [-0.25, -0.2) is 0 Å². The lowest BCUT2D eigenvalue weighted by Gasteiger charge is -2.16. The fourth-order valence-electron chi connectivity index (χ4n) is 2.71. The molecule has 1 aliphatic carbocycles. The Balaban J connectivity index is 2.01. The number of benzene rings is 2. The van der Waals surface area contributed by atoms with Gasteiger partial charge < -0.3 is 9.47 Å². The molecule has 0 bridgehead atoms. The summed E-state index contributed by atoms with van der Waals surface area (Å²) >= 11 is 0. The number of methoxy groups -OCH3 is 1.